The van der Waals surface area contributed by atoms with E-state index in [-0.39, 0.29) is 5.91 Å². The lowest BCUT2D eigenvalue weighted by Crippen LogP contribution is -2.49. The molecule has 2 fully saturated rings. The molecule has 0 spiro atoms. The maximum absolute atomic E-state index is 11.9. The summed E-state index contributed by atoms with van der Waals surface area (Å²) in [6, 6.07) is 2.45. The summed E-state index contributed by atoms with van der Waals surface area (Å²) in [4.78, 5) is 20.9. The highest BCUT2D eigenvalue weighted by Gasteiger charge is 2.25. The van der Waals surface area contributed by atoms with E-state index in [0.29, 0.717) is 29.8 Å². The molecule has 1 aliphatic heterocycles. The number of aryl methyl sites for hydroxylation is 2. The fourth-order valence-corrected chi connectivity index (χ4v) is 3.73. The minimum Gasteiger partial charge on any atom is -0.352 e. The maximum atomic E-state index is 11.9. The Kier molecular flexibility index (Phi) is 4.76. The number of carbonyl (C=O) groups excluding carboxylic acids is 1. The molecule has 8 nitrogen and oxygen atoms in total. The van der Waals surface area contributed by atoms with Crippen LogP contribution >= 0.6 is 12.2 Å². The smallest absolute Gasteiger partial charge is 0.254 e. The second kappa shape index (κ2) is 7.05. The molecule has 26 heavy (non-hydrogen) atoms. The van der Waals surface area contributed by atoms with Gasteiger partial charge in [-0.2, -0.15) is 0 Å². The molecule has 4 rings (SSSR count). The number of aromatic nitrogens is 4. The number of nitrogens with one attached hydrogen (secondary N) is 1. The summed E-state index contributed by atoms with van der Waals surface area (Å²) >= 11 is 5.59. The molecule has 0 radical (unpaired) electrons. The van der Waals surface area contributed by atoms with Crippen LogP contribution < -0.4 is 5.32 Å². The lowest BCUT2D eigenvalue weighted by Gasteiger charge is -2.33. The lowest BCUT2D eigenvalue weighted by molar-refractivity contribution is -0.122. The van der Waals surface area contributed by atoms with Crippen molar-refractivity contribution in [3.63, 3.8) is 0 Å². The number of piperazine rings is 1. The van der Waals surface area contributed by atoms with Gasteiger partial charge < -0.3 is 5.32 Å². The molecule has 9 heteroatoms. The van der Waals surface area contributed by atoms with Gasteiger partial charge in [0.25, 0.3) is 5.78 Å². The van der Waals surface area contributed by atoms with Crippen molar-refractivity contribution >= 4 is 23.9 Å². The van der Waals surface area contributed by atoms with Gasteiger partial charge in [0.05, 0.1) is 13.2 Å². The molecule has 1 aliphatic carbocycles. The second-order valence-corrected chi connectivity index (χ2v) is 7.70. The van der Waals surface area contributed by atoms with E-state index in [1.165, 1.54) is 0 Å². The number of hydrogen-bond donors (Lipinski definition) is 1. The van der Waals surface area contributed by atoms with E-state index in [1.54, 1.807) is 0 Å². The average Bonchev–Trinajstić information content (AvgIpc) is 3.33. The minimum absolute atomic E-state index is 0.153. The normalized spacial score (nSPS) is 19.2. The Labute approximate surface area is 157 Å². The molecule has 2 aromatic heterocycles. The molecule has 2 aromatic rings. The maximum Gasteiger partial charge on any atom is 0.254 e. The molecule has 1 saturated heterocycles. The Balaban J connectivity index is 1.36. The van der Waals surface area contributed by atoms with Crippen LogP contribution in [0.3, 0.4) is 0 Å². The van der Waals surface area contributed by atoms with Gasteiger partial charge in [0.15, 0.2) is 0 Å². The highest BCUT2D eigenvalue weighted by atomic mass is 32.1. The summed E-state index contributed by atoms with van der Waals surface area (Å²) in [5.41, 5.74) is 2.00. The second-order valence-electron chi connectivity index (χ2n) is 7.33. The van der Waals surface area contributed by atoms with Crippen LogP contribution in [-0.2, 0) is 11.5 Å². The predicted molar refractivity (Wildman–Crippen MR) is 100 cm³/mol. The highest BCUT2D eigenvalue weighted by Crippen LogP contribution is 2.18. The largest absolute Gasteiger partial charge is 0.352 e. The summed E-state index contributed by atoms with van der Waals surface area (Å²) in [5, 5.41) is 7.63. The zero-order valence-electron chi connectivity index (χ0n) is 15.3. The first-order chi connectivity index (χ1) is 12.5. The van der Waals surface area contributed by atoms with Crippen molar-refractivity contribution in [1.82, 2.24) is 34.3 Å². The topological polar surface area (TPSA) is 70.7 Å². The van der Waals surface area contributed by atoms with Gasteiger partial charge in [-0.3, -0.25) is 19.0 Å². The number of hydrogen-bond acceptors (Lipinski definition) is 6. The number of fused-ring (bicyclic) bond motifs is 1. The van der Waals surface area contributed by atoms with Crippen LogP contribution in [0.4, 0.5) is 0 Å². The molecule has 2 aliphatic rings. The molecule has 1 N–H and O–H groups in total. The molecule has 3 heterocycles. The summed E-state index contributed by atoms with van der Waals surface area (Å²) in [6.07, 6.45) is 2.26. The zero-order chi connectivity index (χ0) is 18.3. The van der Waals surface area contributed by atoms with Gasteiger partial charge in [-0.05, 0) is 45.0 Å². The Bertz CT molecular complexity index is 877. The molecule has 0 atom stereocenters. The summed E-state index contributed by atoms with van der Waals surface area (Å²) in [6.45, 7) is 8.71. The minimum atomic E-state index is 0.153. The number of rotatable bonds is 5. The van der Waals surface area contributed by atoms with E-state index in [2.05, 4.69) is 25.2 Å². The van der Waals surface area contributed by atoms with Gasteiger partial charge in [0, 0.05) is 43.6 Å². The van der Waals surface area contributed by atoms with Crippen molar-refractivity contribution in [3.8, 4) is 0 Å². The van der Waals surface area contributed by atoms with Gasteiger partial charge in [0.1, 0.15) is 0 Å². The van der Waals surface area contributed by atoms with E-state index in [4.69, 9.17) is 12.2 Å². The summed E-state index contributed by atoms with van der Waals surface area (Å²) in [7, 11) is 0. The molecule has 140 valence electrons. The first-order valence-electron chi connectivity index (χ1n) is 9.17. The average molecular weight is 376 g/mol. The third-order valence-corrected chi connectivity index (χ3v) is 5.37. The molecular weight excluding hydrogens is 350 g/mol. The molecule has 0 bridgehead atoms. The van der Waals surface area contributed by atoms with Gasteiger partial charge in [-0.25, -0.2) is 9.67 Å². The van der Waals surface area contributed by atoms with Crippen molar-refractivity contribution < 1.29 is 4.79 Å². The molecule has 1 saturated carbocycles. The van der Waals surface area contributed by atoms with Crippen LogP contribution in [0.2, 0.25) is 0 Å². The lowest BCUT2D eigenvalue weighted by atomic mass is 10.3. The van der Waals surface area contributed by atoms with Gasteiger partial charge in [-0.1, -0.05) is 0 Å². The first-order valence-corrected chi connectivity index (χ1v) is 9.58. The molecule has 1 amide bonds. The van der Waals surface area contributed by atoms with E-state index in [0.717, 1.165) is 50.4 Å². The van der Waals surface area contributed by atoms with Crippen LogP contribution in [0.5, 0.6) is 0 Å². The Hall–Kier alpha value is -1.84. The quantitative estimate of drug-likeness (QED) is 0.777. The van der Waals surface area contributed by atoms with Gasteiger partial charge in [-0.15, -0.1) is 5.10 Å². The van der Waals surface area contributed by atoms with Crippen LogP contribution in [0, 0.1) is 18.6 Å². The van der Waals surface area contributed by atoms with E-state index in [1.807, 2.05) is 29.0 Å². The van der Waals surface area contributed by atoms with Crippen molar-refractivity contribution in [2.24, 2.45) is 0 Å². The SMILES string of the molecule is Cc1cc(C)n2c(=S)n(CN3CCN(CC(=O)NC4CC4)CC3)nc2n1. The number of amides is 1. The van der Waals surface area contributed by atoms with Crippen molar-refractivity contribution in [3.05, 3.63) is 22.2 Å². The van der Waals surface area contributed by atoms with Crippen LogP contribution in [-0.4, -0.2) is 73.6 Å². The van der Waals surface area contributed by atoms with E-state index < -0.39 is 0 Å². The predicted octanol–water partition coefficient (Wildman–Crippen LogP) is 0.731. The van der Waals surface area contributed by atoms with Crippen LogP contribution in [0.15, 0.2) is 6.07 Å². The van der Waals surface area contributed by atoms with Crippen molar-refractivity contribution in [2.45, 2.75) is 39.4 Å². The Morgan fingerprint density at radius 3 is 2.62 bits per heavy atom. The Morgan fingerprint density at radius 2 is 1.92 bits per heavy atom. The Morgan fingerprint density at radius 1 is 1.23 bits per heavy atom. The van der Waals surface area contributed by atoms with Gasteiger partial charge in [0.2, 0.25) is 10.7 Å². The van der Waals surface area contributed by atoms with Crippen LogP contribution in [0.1, 0.15) is 24.2 Å². The third-order valence-electron chi connectivity index (χ3n) is 4.98. The molecule has 0 unspecified atom stereocenters. The standard InChI is InChI=1S/C17H25N7OS/c1-12-9-13(2)24-16(18-12)20-23(17(24)26)11-22-7-5-21(6-8-22)10-15(25)19-14-3-4-14/h9,14H,3-8,10-11H2,1-2H3,(H,19,25). The van der Waals surface area contributed by atoms with Crippen molar-refractivity contribution in [2.75, 3.05) is 32.7 Å². The van der Waals surface area contributed by atoms with E-state index >= 15 is 0 Å². The molecule has 0 aromatic carbocycles. The van der Waals surface area contributed by atoms with E-state index in [9.17, 15) is 4.79 Å². The number of nitrogens with zero attached hydrogens (tertiary/aromatic N) is 6. The fourth-order valence-electron chi connectivity index (χ4n) is 3.41. The zero-order valence-corrected chi connectivity index (χ0v) is 16.1. The number of carbonyl (C=O) groups is 1. The third kappa shape index (κ3) is 3.79. The van der Waals surface area contributed by atoms with Crippen molar-refractivity contribution in [1.29, 1.82) is 0 Å². The highest BCUT2D eigenvalue weighted by molar-refractivity contribution is 7.71. The van der Waals surface area contributed by atoms with Crippen LogP contribution in [0.25, 0.3) is 5.78 Å². The summed E-state index contributed by atoms with van der Waals surface area (Å²) in [5.74, 6) is 0.809. The van der Waals surface area contributed by atoms with Gasteiger partial charge >= 0.3 is 0 Å². The first kappa shape index (κ1) is 17.6. The summed E-state index contributed by atoms with van der Waals surface area (Å²) < 4.78 is 4.44. The fraction of sp³-hybridized carbons (Fsp3) is 0.647. The monoisotopic (exact) mass is 375 g/mol. The molecular formula is C17H25N7OS.